The molecule has 0 bridgehead atoms. The highest BCUT2D eigenvalue weighted by Gasteiger charge is 2.21. The Kier molecular flexibility index (Phi) is 4.11. The molecule has 2 N–H and O–H groups in total. The van der Waals surface area contributed by atoms with E-state index in [2.05, 4.69) is 21.1 Å². The number of nitrogens with zero attached hydrogens (tertiary/aromatic N) is 4. The SMILES string of the molecule is CCc1nc2c(-c3cc(C)cc(C)c3)c(-c3ccccc3F)nc(N)n2n1. The second-order valence-electron chi connectivity index (χ2n) is 6.67. The first-order chi connectivity index (χ1) is 13.0. The summed E-state index contributed by atoms with van der Waals surface area (Å²) in [7, 11) is 0. The second kappa shape index (κ2) is 6.46. The van der Waals surface area contributed by atoms with E-state index in [9.17, 15) is 4.39 Å². The number of aryl methyl sites for hydroxylation is 3. The van der Waals surface area contributed by atoms with Gasteiger partial charge in [-0.25, -0.2) is 14.4 Å². The molecule has 4 rings (SSSR count). The Morgan fingerprint density at radius 2 is 1.74 bits per heavy atom. The topological polar surface area (TPSA) is 69.1 Å². The van der Waals surface area contributed by atoms with Gasteiger partial charge in [-0.05, 0) is 31.5 Å². The lowest BCUT2D eigenvalue weighted by Crippen LogP contribution is -2.06. The summed E-state index contributed by atoms with van der Waals surface area (Å²) in [5.74, 6) is 0.498. The maximum Gasteiger partial charge on any atom is 0.223 e. The molecule has 0 aliphatic heterocycles. The maximum atomic E-state index is 14.6. The van der Waals surface area contributed by atoms with Gasteiger partial charge in [0, 0.05) is 12.0 Å². The minimum atomic E-state index is -0.352. The minimum absolute atomic E-state index is 0.184. The number of fused-ring (bicyclic) bond motifs is 1. The summed E-state index contributed by atoms with van der Waals surface area (Å²) < 4.78 is 16.1. The molecule has 0 spiro atoms. The molecular weight excluding hydrogens is 341 g/mol. The van der Waals surface area contributed by atoms with Crippen LogP contribution in [0, 0.1) is 19.7 Å². The van der Waals surface area contributed by atoms with Crippen molar-refractivity contribution < 1.29 is 4.39 Å². The smallest absolute Gasteiger partial charge is 0.223 e. The zero-order chi connectivity index (χ0) is 19.1. The van der Waals surface area contributed by atoms with E-state index in [-0.39, 0.29) is 11.8 Å². The molecule has 136 valence electrons. The summed E-state index contributed by atoms with van der Waals surface area (Å²) in [6.07, 6.45) is 0.669. The molecule has 2 aromatic carbocycles. The van der Waals surface area contributed by atoms with Gasteiger partial charge in [0.1, 0.15) is 5.82 Å². The van der Waals surface area contributed by atoms with Crippen LogP contribution in [-0.2, 0) is 6.42 Å². The Hall–Kier alpha value is -3.28. The first-order valence-electron chi connectivity index (χ1n) is 8.86. The van der Waals surface area contributed by atoms with Crippen molar-refractivity contribution in [2.75, 3.05) is 5.73 Å². The summed E-state index contributed by atoms with van der Waals surface area (Å²) in [5, 5.41) is 4.44. The third-order valence-electron chi connectivity index (χ3n) is 4.51. The Balaban J connectivity index is 2.15. The van der Waals surface area contributed by atoms with Crippen molar-refractivity contribution in [1.82, 2.24) is 19.6 Å². The summed E-state index contributed by atoms with van der Waals surface area (Å²) in [6, 6.07) is 12.8. The van der Waals surface area contributed by atoms with Gasteiger partial charge in [-0.1, -0.05) is 48.4 Å². The predicted molar refractivity (Wildman–Crippen MR) is 105 cm³/mol. The maximum absolute atomic E-state index is 14.6. The van der Waals surface area contributed by atoms with E-state index in [1.165, 1.54) is 10.6 Å². The van der Waals surface area contributed by atoms with E-state index >= 15 is 0 Å². The van der Waals surface area contributed by atoms with E-state index in [1.54, 1.807) is 18.2 Å². The van der Waals surface area contributed by atoms with Crippen LogP contribution < -0.4 is 5.73 Å². The molecule has 0 fully saturated rings. The average molecular weight is 361 g/mol. The highest BCUT2D eigenvalue weighted by molar-refractivity contribution is 5.91. The zero-order valence-corrected chi connectivity index (χ0v) is 15.5. The lowest BCUT2D eigenvalue weighted by molar-refractivity contribution is 0.630. The molecule has 6 heteroatoms. The second-order valence-corrected chi connectivity index (χ2v) is 6.67. The normalized spacial score (nSPS) is 11.3. The Bertz CT molecular complexity index is 1140. The monoisotopic (exact) mass is 361 g/mol. The lowest BCUT2D eigenvalue weighted by Gasteiger charge is -2.13. The predicted octanol–water partition coefficient (Wildman–Crippen LogP) is 4.36. The number of nitrogen functional groups attached to an aromatic ring is 1. The van der Waals surface area contributed by atoms with Crippen LogP contribution in [0.1, 0.15) is 23.9 Å². The van der Waals surface area contributed by atoms with Gasteiger partial charge in [-0.3, -0.25) is 0 Å². The van der Waals surface area contributed by atoms with Gasteiger partial charge in [-0.2, -0.15) is 4.52 Å². The molecule has 0 atom stereocenters. The molecule has 0 radical (unpaired) electrons. The van der Waals surface area contributed by atoms with E-state index in [4.69, 9.17) is 5.73 Å². The van der Waals surface area contributed by atoms with Crippen LogP contribution in [0.5, 0.6) is 0 Å². The van der Waals surface area contributed by atoms with Crippen molar-refractivity contribution in [3.05, 3.63) is 65.2 Å². The van der Waals surface area contributed by atoms with Crippen molar-refractivity contribution in [2.45, 2.75) is 27.2 Å². The lowest BCUT2D eigenvalue weighted by atomic mass is 9.97. The van der Waals surface area contributed by atoms with E-state index in [1.807, 2.05) is 32.9 Å². The fourth-order valence-corrected chi connectivity index (χ4v) is 3.38. The van der Waals surface area contributed by atoms with Crippen LogP contribution >= 0.6 is 0 Å². The Labute approximate surface area is 156 Å². The summed E-state index contributed by atoms with van der Waals surface area (Å²) in [5.41, 5.74) is 11.5. The van der Waals surface area contributed by atoms with Crippen molar-refractivity contribution in [3.8, 4) is 22.4 Å². The molecule has 5 nitrogen and oxygen atoms in total. The van der Waals surface area contributed by atoms with Crippen molar-refractivity contribution in [3.63, 3.8) is 0 Å². The highest BCUT2D eigenvalue weighted by Crippen LogP contribution is 2.36. The molecule has 27 heavy (non-hydrogen) atoms. The molecular formula is C21H20FN5. The average Bonchev–Trinajstić information content (AvgIpc) is 3.06. The summed E-state index contributed by atoms with van der Waals surface area (Å²) in [6.45, 7) is 6.04. The van der Waals surface area contributed by atoms with Crippen molar-refractivity contribution in [2.24, 2.45) is 0 Å². The van der Waals surface area contributed by atoms with E-state index in [0.717, 1.165) is 22.3 Å². The third kappa shape index (κ3) is 2.93. The highest BCUT2D eigenvalue weighted by atomic mass is 19.1. The molecule has 0 aliphatic carbocycles. The van der Waals surface area contributed by atoms with Crippen LogP contribution in [0.3, 0.4) is 0 Å². The van der Waals surface area contributed by atoms with Crippen molar-refractivity contribution >= 4 is 11.6 Å². The van der Waals surface area contributed by atoms with Gasteiger partial charge >= 0.3 is 0 Å². The van der Waals surface area contributed by atoms with Crippen LogP contribution in [0.25, 0.3) is 28.0 Å². The fraction of sp³-hybridized carbons (Fsp3) is 0.190. The number of nitrogens with two attached hydrogens (primary N) is 1. The quantitative estimate of drug-likeness (QED) is 0.589. The van der Waals surface area contributed by atoms with Gasteiger partial charge in [0.25, 0.3) is 0 Å². The molecule has 0 aliphatic rings. The molecule has 2 aromatic heterocycles. The summed E-state index contributed by atoms with van der Waals surface area (Å²) in [4.78, 5) is 9.17. The zero-order valence-electron chi connectivity index (χ0n) is 15.5. The van der Waals surface area contributed by atoms with Crippen LogP contribution in [-0.4, -0.2) is 19.6 Å². The number of anilines is 1. The molecule has 2 heterocycles. The first-order valence-corrected chi connectivity index (χ1v) is 8.86. The molecule has 0 unspecified atom stereocenters. The number of hydrogen-bond donors (Lipinski definition) is 1. The van der Waals surface area contributed by atoms with E-state index < -0.39 is 0 Å². The van der Waals surface area contributed by atoms with Gasteiger partial charge in [0.2, 0.25) is 5.95 Å². The molecule has 0 amide bonds. The Morgan fingerprint density at radius 1 is 1.04 bits per heavy atom. The van der Waals surface area contributed by atoms with Crippen LogP contribution in [0.4, 0.5) is 10.3 Å². The first kappa shape index (κ1) is 17.1. The van der Waals surface area contributed by atoms with E-state index in [0.29, 0.717) is 29.1 Å². The van der Waals surface area contributed by atoms with Gasteiger partial charge in [0.05, 0.1) is 11.3 Å². The molecule has 0 saturated heterocycles. The summed E-state index contributed by atoms with van der Waals surface area (Å²) >= 11 is 0. The fourth-order valence-electron chi connectivity index (χ4n) is 3.38. The number of halogens is 1. The Morgan fingerprint density at radius 3 is 2.41 bits per heavy atom. The number of hydrogen-bond acceptors (Lipinski definition) is 4. The van der Waals surface area contributed by atoms with Gasteiger partial charge in [0.15, 0.2) is 11.5 Å². The standard InChI is InChI=1S/C21H20FN5/c1-4-17-24-20-18(14-10-12(2)9-13(3)11-14)19(25-21(23)27(20)26-17)15-7-5-6-8-16(15)22/h5-11H,4H2,1-3H3,(H2,23,25). The minimum Gasteiger partial charge on any atom is -0.368 e. The molecule has 0 saturated carbocycles. The number of benzene rings is 2. The number of aromatic nitrogens is 4. The van der Waals surface area contributed by atoms with Gasteiger partial charge in [-0.15, -0.1) is 5.10 Å². The van der Waals surface area contributed by atoms with Gasteiger partial charge < -0.3 is 5.73 Å². The molecule has 4 aromatic rings. The van der Waals surface area contributed by atoms with Crippen LogP contribution in [0.15, 0.2) is 42.5 Å². The third-order valence-corrected chi connectivity index (χ3v) is 4.51. The largest absolute Gasteiger partial charge is 0.368 e. The van der Waals surface area contributed by atoms with Crippen molar-refractivity contribution in [1.29, 1.82) is 0 Å². The van der Waals surface area contributed by atoms with Crippen LogP contribution in [0.2, 0.25) is 0 Å². The number of rotatable bonds is 3.